The van der Waals surface area contributed by atoms with Crippen LogP contribution in [0.1, 0.15) is 59.8 Å². The molecular weight excluding hydrogens is 334 g/mol. The second-order valence-electron chi connectivity index (χ2n) is 8.17. The van der Waals surface area contributed by atoms with Gasteiger partial charge in [0.25, 0.3) is 0 Å². The van der Waals surface area contributed by atoms with Crippen LogP contribution >= 0.6 is 0 Å². The molecule has 0 aromatic carbocycles. The van der Waals surface area contributed by atoms with Gasteiger partial charge in [0.2, 0.25) is 5.91 Å². The SMILES string of the molecule is CC(C)CCC(C)CCC(C)CC(=O)N(C)CC(CO)OC(CO)CO. The van der Waals surface area contributed by atoms with Crippen molar-refractivity contribution in [1.82, 2.24) is 4.90 Å². The third kappa shape index (κ3) is 11.8. The molecule has 3 unspecified atom stereocenters. The summed E-state index contributed by atoms with van der Waals surface area (Å²) in [4.78, 5) is 13.9. The lowest BCUT2D eigenvalue weighted by atomic mass is 9.91. The second-order valence-corrected chi connectivity index (χ2v) is 8.17. The molecule has 156 valence electrons. The van der Waals surface area contributed by atoms with Gasteiger partial charge in [-0.2, -0.15) is 0 Å². The largest absolute Gasteiger partial charge is 0.394 e. The Labute approximate surface area is 159 Å². The summed E-state index contributed by atoms with van der Waals surface area (Å²) in [6, 6.07) is 0. The van der Waals surface area contributed by atoms with E-state index in [-0.39, 0.29) is 32.3 Å². The maximum absolute atomic E-state index is 12.4. The van der Waals surface area contributed by atoms with Crippen LogP contribution in [0.4, 0.5) is 0 Å². The van der Waals surface area contributed by atoms with Crippen molar-refractivity contribution in [3.05, 3.63) is 0 Å². The van der Waals surface area contributed by atoms with Gasteiger partial charge in [-0.15, -0.1) is 0 Å². The van der Waals surface area contributed by atoms with Crippen LogP contribution in [0.2, 0.25) is 0 Å². The quantitative estimate of drug-likeness (QED) is 0.408. The molecule has 3 N–H and O–H groups in total. The fourth-order valence-electron chi connectivity index (χ4n) is 2.85. The van der Waals surface area contributed by atoms with Gasteiger partial charge in [-0.1, -0.05) is 47.0 Å². The lowest BCUT2D eigenvalue weighted by molar-refractivity contribution is -0.135. The molecule has 6 nitrogen and oxygen atoms in total. The van der Waals surface area contributed by atoms with E-state index in [9.17, 15) is 9.90 Å². The van der Waals surface area contributed by atoms with Gasteiger partial charge >= 0.3 is 0 Å². The van der Waals surface area contributed by atoms with Crippen LogP contribution in [0.3, 0.4) is 0 Å². The highest BCUT2D eigenvalue weighted by atomic mass is 16.5. The third-order valence-electron chi connectivity index (χ3n) is 4.81. The average Bonchev–Trinajstić information content (AvgIpc) is 2.61. The normalized spacial score (nSPS) is 15.3. The Bertz CT molecular complexity index is 360. The number of carbonyl (C=O) groups is 1. The number of aliphatic hydroxyl groups excluding tert-OH is 3. The zero-order valence-corrected chi connectivity index (χ0v) is 17.4. The number of hydrogen-bond acceptors (Lipinski definition) is 5. The molecule has 0 rings (SSSR count). The van der Waals surface area contributed by atoms with Crippen molar-refractivity contribution in [3.63, 3.8) is 0 Å². The Hall–Kier alpha value is -0.690. The zero-order valence-electron chi connectivity index (χ0n) is 17.4. The molecular formula is C20H41NO5. The molecule has 0 saturated heterocycles. The molecule has 0 aliphatic rings. The summed E-state index contributed by atoms with van der Waals surface area (Å²) in [5.41, 5.74) is 0. The maximum atomic E-state index is 12.4. The summed E-state index contributed by atoms with van der Waals surface area (Å²) in [7, 11) is 1.69. The Morgan fingerprint density at radius 2 is 1.35 bits per heavy atom. The fourth-order valence-corrected chi connectivity index (χ4v) is 2.85. The predicted octanol–water partition coefficient (Wildman–Crippen LogP) is 2.05. The third-order valence-corrected chi connectivity index (χ3v) is 4.81. The highest BCUT2D eigenvalue weighted by Crippen LogP contribution is 2.21. The van der Waals surface area contributed by atoms with Crippen molar-refractivity contribution in [3.8, 4) is 0 Å². The molecule has 0 aromatic heterocycles. The topological polar surface area (TPSA) is 90.2 Å². The van der Waals surface area contributed by atoms with E-state index in [1.165, 1.54) is 12.8 Å². The molecule has 0 spiro atoms. The Balaban J connectivity index is 4.22. The minimum absolute atomic E-state index is 0.0268. The lowest BCUT2D eigenvalue weighted by Crippen LogP contribution is -2.41. The minimum atomic E-state index is -0.734. The number of likely N-dealkylation sites (N-methyl/N-ethyl adjacent to an activating group) is 1. The van der Waals surface area contributed by atoms with Gasteiger partial charge in [-0.3, -0.25) is 4.79 Å². The molecule has 0 fully saturated rings. The van der Waals surface area contributed by atoms with Crippen LogP contribution in [0.5, 0.6) is 0 Å². The summed E-state index contributed by atoms with van der Waals surface area (Å²) in [6.45, 7) is 8.21. The monoisotopic (exact) mass is 375 g/mol. The van der Waals surface area contributed by atoms with Gasteiger partial charge in [0, 0.05) is 20.0 Å². The van der Waals surface area contributed by atoms with Crippen molar-refractivity contribution < 1.29 is 24.9 Å². The van der Waals surface area contributed by atoms with E-state index in [0.717, 1.165) is 18.8 Å². The van der Waals surface area contributed by atoms with Gasteiger partial charge in [0.15, 0.2) is 0 Å². The Morgan fingerprint density at radius 1 is 0.846 bits per heavy atom. The van der Waals surface area contributed by atoms with Crippen molar-refractivity contribution in [1.29, 1.82) is 0 Å². The lowest BCUT2D eigenvalue weighted by Gasteiger charge is -2.27. The standard InChI is InChI=1S/C20H41NO5/c1-15(2)6-7-16(3)8-9-17(4)10-20(25)21(5)11-18(12-22)26-19(13-23)14-24/h15-19,22-24H,6-14H2,1-5H3. The number of carbonyl (C=O) groups excluding carboxylic acids is 1. The second kappa shape index (κ2) is 14.4. The number of ether oxygens (including phenoxy) is 1. The Morgan fingerprint density at radius 3 is 1.85 bits per heavy atom. The first kappa shape index (κ1) is 25.3. The van der Waals surface area contributed by atoms with Crippen LogP contribution in [-0.4, -0.2) is 71.7 Å². The summed E-state index contributed by atoms with van der Waals surface area (Å²) in [5, 5.41) is 27.5. The van der Waals surface area contributed by atoms with Crippen LogP contribution in [-0.2, 0) is 9.53 Å². The molecule has 1 amide bonds. The van der Waals surface area contributed by atoms with E-state index in [4.69, 9.17) is 14.9 Å². The van der Waals surface area contributed by atoms with E-state index in [1.54, 1.807) is 11.9 Å². The van der Waals surface area contributed by atoms with Crippen LogP contribution in [0.15, 0.2) is 0 Å². The van der Waals surface area contributed by atoms with E-state index >= 15 is 0 Å². The highest BCUT2D eigenvalue weighted by Gasteiger charge is 2.20. The summed E-state index contributed by atoms with van der Waals surface area (Å²) >= 11 is 0. The Kier molecular flexibility index (Phi) is 14.0. The molecule has 0 aliphatic heterocycles. The van der Waals surface area contributed by atoms with Crippen LogP contribution in [0, 0.1) is 17.8 Å². The first-order valence-corrected chi connectivity index (χ1v) is 9.95. The van der Waals surface area contributed by atoms with Gasteiger partial charge in [-0.05, 0) is 24.2 Å². The predicted molar refractivity (Wildman–Crippen MR) is 104 cm³/mol. The average molecular weight is 376 g/mol. The first-order valence-electron chi connectivity index (χ1n) is 9.95. The van der Waals surface area contributed by atoms with Crippen molar-refractivity contribution in [2.45, 2.75) is 72.0 Å². The molecule has 0 heterocycles. The first-order chi connectivity index (χ1) is 12.2. The maximum Gasteiger partial charge on any atom is 0.222 e. The highest BCUT2D eigenvalue weighted by molar-refractivity contribution is 5.76. The van der Waals surface area contributed by atoms with E-state index in [2.05, 4.69) is 27.7 Å². The number of aliphatic hydroxyl groups is 3. The molecule has 0 saturated carbocycles. The summed E-state index contributed by atoms with van der Waals surface area (Å²) in [6.07, 6.45) is 3.81. The minimum Gasteiger partial charge on any atom is -0.394 e. The van der Waals surface area contributed by atoms with Crippen molar-refractivity contribution in [2.75, 3.05) is 33.4 Å². The number of hydrogen-bond donors (Lipinski definition) is 3. The smallest absolute Gasteiger partial charge is 0.222 e. The van der Waals surface area contributed by atoms with E-state index < -0.39 is 12.2 Å². The summed E-state index contributed by atoms with van der Waals surface area (Å²) in [5.74, 6) is 1.78. The number of amides is 1. The van der Waals surface area contributed by atoms with Gasteiger partial charge in [0.05, 0.1) is 25.9 Å². The molecule has 3 atom stereocenters. The number of nitrogens with zero attached hydrogens (tertiary/aromatic N) is 1. The number of rotatable bonds is 15. The summed E-state index contributed by atoms with van der Waals surface area (Å²) < 4.78 is 5.41. The fraction of sp³-hybridized carbons (Fsp3) is 0.950. The zero-order chi connectivity index (χ0) is 20.1. The van der Waals surface area contributed by atoms with Crippen LogP contribution < -0.4 is 0 Å². The van der Waals surface area contributed by atoms with E-state index in [0.29, 0.717) is 18.3 Å². The van der Waals surface area contributed by atoms with Crippen LogP contribution in [0.25, 0.3) is 0 Å². The van der Waals surface area contributed by atoms with E-state index in [1.807, 2.05) is 0 Å². The van der Waals surface area contributed by atoms with Gasteiger partial charge in [0.1, 0.15) is 6.10 Å². The van der Waals surface area contributed by atoms with Gasteiger partial charge < -0.3 is 25.0 Å². The molecule has 26 heavy (non-hydrogen) atoms. The van der Waals surface area contributed by atoms with Crippen molar-refractivity contribution >= 4 is 5.91 Å². The van der Waals surface area contributed by atoms with Crippen molar-refractivity contribution in [2.24, 2.45) is 17.8 Å². The molecule has 6 heteroatoms. The molecule has 0 bridgehead atoms. The van der Waals surface area contributed by atoms with Gasteiger partial charge in [-0.25, -0.2) is 0 Å². The molecule has 0 radical (unpaired) electrons. The molecule has 0 aromatic rings. The molecule has 0 aliphatic carbocycles.